The molecule has 0 spiro atoms. The molecule has 10 heteroatoms. The number of halogens is 3. The second-order valence-electron chi connectivity index (χ2n) is 9.48. The Bertz CT molecular complexity index is 1060. The number of benzene rings is 1. The Labute approximate surface area is 209 Å². The number of alkyl halides is 3. The molecule has 1 aromatic carbocycles. The first kappa shape index (κ1) is 25.9. The third kappa shape index (κ3) is 6.34. The first-order valence-corrected chi connectivity index (χ1v) is 12.2. The summed E-state index contributed by atoms with van der Waals surface area (Å²) in [7, 11) is 1.41. The number of piperidine rings is 2. The molecule has 0 atom stereocenters. The lowest BCUT2D eigenvalue weighted by Gasteiger charge is -2.37. The minimum atomic E-state index is -4.49. The number of carbonyl (C=O) groups excluding carboxylic acids is 1. The number of oxime groups is 1. The van der Waals surface area contributed by atoms with E-state index >= 15 is 0 Å². The molecule has 7 nitrogen and oxygen atoms in total. The fourth-order valence-corrected chi connectivity index (χ4v) is 5.09. The number of nitrogens with zero attached hydrogens (tertiary/aromatic N) is 4. The Morgan fingerprint density at radius 1 is 1.08 bits per heavy atom. The van der Waals surface area contributed by atoms with Crippen LogP contribution in [-0.4, -0.2) is 59.7 Å². The molecular weight excluding hydrogens is 471 g/mol. The van der Waals surface area contributed by atoms with Crippen molar-refractivity contribution in [2.24, 2.45) is 17.0 Å². The van der Waals surface area contributed by atoms with Gasteiger partial charge >= 0.3 is 6.18 Å². The van der Waals surface area contributed by atoms with Crippen molar-refractivity contribution >= 4 is 17.3 Å². The van der Waals surface area contributed by atoms with Gasteiger partial charge in [0.05, 0.1) is 5.71 Å². The van der Waals surface area contributed by atoms with Crippen LogP contribution in [0, 0.1) is 11.8 Å². The highest BCUT2D eigenvalue weighted by Gasteiger charge is 2.34. The average Bonchev–Trinajstić information content (AvgIpc) is 2.87. The summed E-state index contributed by atoms with van der Waals surface area (Å²) in [5.41, 5.74) is 7.95. The number of likely N-dealkylation sites (tertiary alicyclic amines) is 2. The van der Waals surface area contributed by atoms with Gasteiger partial charge in [-0.3, -0.25) is 14.7 Å². The van der Waals surface area contributed by atoms with Crippen LogP contribution in [0.4, 0.5) is 18.9 Å². The summed E-state index contributed by atoms with van der Waals surface area (Å²) in [5.74, 6) is 0.191. The van der Waals surface area contributed by atoms with Crippen LogP contribution in [0.2, 0.25) is 0 Å². The van der Waals surface area contributed by atoms with Crippen LogP contribution in [0.3, 0.4) is 0 Å². The minimum Gasteiger partial charge on any atom is -0.399 e. The van der Waals surface area contributed by atoms with Crippen molar-refractivity contribution < 1.29 is 22.8 Å². The minimum absolute atomic E-state index is 0.0184. The lowest BCUT2D eigenvalue weighted by atomic mass is 9.87. The normalized spacial score (nSPS) is 18.9. The molecule has 1 aromatic heterocycles. The van der Waals surface area contributed by atoms with E-state index in [1.165, 1.54) is 24.9 Å². The molecule has 0 saturated carbocycles. The molecule has 3 heterocycles. The third-order valence-corrected chi connectivity index (χ3v) is 7.03. The predicted molar refractivity (Wildman–Crippen MR) is 131 cm³/mol. The molecule has 194 valence electrons. The van der Waals surface area contributed by atoms with Crippen LogP contribution < -0.4 is 5.73 Å². The van der Waals surface area contributed by atoms with Gasteiger partial charge in [0.25, 0.3) is 0 Å². The number of amides is 1. The maximum absolute atomic E-state index is 13.2. The van der Waals surface area contributed by atoms with Crippen LogP contribution in [0.1, 0.15) is 42.5 Å². The van der Waals surface area contributed by atoms with Gasteiger partial charge in [0.15, 0.2) is 0 Å². The summed E-state index contributed by atoms with van der Waals surface area (Å²) in [6.45, 7) is 3.74. The molecule has 1 amide bonds. The number of hydrogen-bond donors (Lipinski definition) is 1. The first-order chi connectivity index (χ1) is 17.2. The maximum atomic E-state index is 13.2. The van der Waals surface area contributed by atoms with Crippen molar-refractivity contribution in [1.29, 1.82) is 0 Å². The van der Waals surface area contributed by atoms with E-state index in [1.807, 2.05) is 23.1 Å². The summed E-state index contributed by atoms with van der Waals surface area (Å²) < 4.78 is 38.6. The van der Waals surface area contributed by atoms with E-state index < -0.39 is 11.9 Å². The predicted octanol–water partition coefficient (Wildman–Crippen LogP) is 4.18. The average molecular weight is 504 g/mol. The molecular formula is C26H32F3N5O2. The number of rotatable bonds is 6. The van der Waals surface area contributed by atoms with E-state index in [9.17, 15) is 18.0 Å². The van der Waals surface area contributed by atoms with Gasteiger partial charge < -0.3 is 15.5 Å². The van der Waals surface area contributed by atoms with Gasteiger partial charge in [-0.05, 0) is 68.6 Å². The number of anilines is 1. The van der Waals surface area contributed by atoms with E-state index in [4.69, 9.17) is 10.6 Å². The molecule has 0 unspecified atom stereocenters. The molecule has 2 fully saturated rings. The second-order valence-corrected chi connectivity index (χ2v) is 9.48. The molecule has 0 bridgehead atoms. The molecule has 0 radical (unpaired) electrons. The van der Waals surface area contributed by atoms with Crippen molar-refractivity contribution in [3.05, 3.63) is 59.4 Å². The Hall–Kier alpha value is -3.14. The Kier molecular flexibility index (Phi) is 8.13. The fourth-order valence-electron chi connectivity index (χ4n) is 5.09. The molecule has 36 heavy (non-hydrogen) atoms. The monoisotopic (exact) mass is 503 g/mol. The van der Waals surface area contributed by atoms with E-state index in [0.717, 1.165) is 44.2 Å². The number of pyridine rings is 1. The number of nitrogen functional groups attached to an aromatic ring is 1. The molecule has 2 aliphatic heterocycles. The zero-order valence-electron chi connectivity index (χ0n) is 20.4. The van der Waals surface area contributed by atoms with Crippen LogP contribution >= 0.6 is 0 Å². The zero-order chi connectivity index (χ0) is 25.7. The number of hydrogen-bond acceptors (Lipinski definition) is 6. The van der Waals surface area contributed by atoms with Crippen LogP contribution in [0.5, 0.6) is 0 Å². The lowest BCUT2D eigenvalue weighted by Crippen LogP contribution is -2.46. The summed E-state index contributed by atoms with van der Waals surface area (Å²) in [6, 6.07) is 10.2. The zero-order valence-corrected chi connectivity index (χ0v) is 20.4. The quantitative estimate of drug-likeness (QED) is 0.363. The van der Waals surface area contributed by atoms with Gasteiger partial charge in [-0.25, -0.2) is 0 Å². The summed E-state index contributed by atoms with van der Waals surface area (Å²) in [5, 5.41) is 4.10. The van der Waals surface area contributed by atoms with Crippen molar-refractivity contribution in [2.75, 3.05) is 39.0 Å². The summed E-state index contributed by atoms with van der Waals surface area (Å²) >= 11 is 0. The molecule has 2 saturated heterocycles. The van der Waals surface area contributed by atoms with Crippen molar-refractivity contribution in [1.82, 2.24) is 14.8 Å². The number of aromatic nitrogens is 1. The van der Waals surface area contributed by atoms with Crippen molar-refractivity contribution in [3.8, 4) is 0 Å². The number of nitrogens with two attached hydrogens (primary N) is 1. The Morgan fingerprint density at radius 2 is 1.78 bits per heavy atom. The van der Waals surface area contributed by atoms with Crippen LogP contribution in [0.25, 0.3) is 0 Å². The van der Waals surface area contributed by atoms with Gasteiger partial charge in [-0.15, -0.1) is 0 Å². The molecule has 2 aromatic rings. The van der Waals surface area contributed by atoms with Crippen LogP contribution in [-0.2, 0) is 22.4 Å². The Morgan fingerprint density at radius 3 is 2.36 bits per heavy atom. The largest absolute Gasteiger partial charge is 0.433 e. The maximum Gasteiger partial charge on any atom is 0.433 e. The van der Waals surface area contributed by atoms with Gasteiger partial charge in [0.2, 0.25) is 5.91 Å². The third-order valence-electron chi connectivity index (χ3n) is 7.03. The second kappa shape index (κ2) is 11.3. The van der Waals surface area contributed by atoms with Gasteiger partial charge in [0, 0.05) is 48.9 Å². The van der Waals surface area contributed by atoms with Crippen LogP contribution in [0.15, 0.2) is 47.8 Å². The SMILES string of the molecule is CO/N=C(/c1ccc(C(F)(F)F)nc1)C1CCN(C(=O)C2CCN(Cc3cccc(N)c3)CC2)CC1. The molecule has 0 aliphatic carbocycles. The van der Waals surface area contributed by atoms with Gasteiger partial charge in [0.1, 0.15) is 12.8 Å². The first-order valence-electron chi connectivity index (χ1n) is 12.2. The molecule has 2 aliphatic rings. The lowest BCUT2D eigenvalue weighted by molar-refractivity contribution is -0.141. The highest BCUT2D eigenvalue weighted by atomic mass is 19.4. The van der Waals surface area contributed by atoms with E-state index in [0.29, 0.717) is 37.2 Å². The smallest absolute Gasteiger partial charge is 0.399 e. The number of carbonyl (C=O) groups is 1. The summed E-state index contributed by atoms with van der Waals surface area (Å²) in [4.78, 5) is 26.0. The van der Waals surface area contributed by atoms with E-state index in [2.05, 4.69) is 21.1 Å². The molecule has 4 rings (SSSR count). The Balaban J connectivity index is 1.29. The fraction of sp³-hybridized carbons (Fsp3) is 0.500. The van der Waals surface area contributed by atoms with Crippen molar-refractivity contribution in [2.45, 2.75) is 38.4 Å². The summed E-state index contributed by atoms with van der Waals surface area (Å²) in [6.07, 6.45) is -0.305. The highest BCUT2D eigenvalue weighted by molar-refractivity contribution is 6.01. The van der Waals surface area contributed by atoms with Crippen molar-refractivity contribution in [3.63, 3.8) is 0 Å². The van der Waals surface area contributed by atoms with E-state index in [-0.39, 0.29) is 17.7 Å². The van der Waals surface area contributed by atoms with Gasteiger partial charge in [-0.2, -0.15) is 13.2 Å². The van der Waals surface area contributed by atoms with Gasteiger partial charge in [-0.1, -0.05) is 17.3 Å². The topological polar surface area (TPSA) is 84.1 Å². The standard InChI is InChI=1S/C26H32F3N5O2/c1-36-32-24(21-5-6-23(31-16-21)26(27,28)29)19-9-13-34(14-10-19)25(35)20-7-11-33(12-8-20)17-18-3-2-4-22(30)15-18/h2-6,15-16,19-20H,7-14,17,30H2,1H3/b32-24+. The highest BCUT2D eigenvalue weighted by Crippen LogP contribution is 2.30. The molecule has 2 N–H and O–H groups in total. The van der Waals surface area contributed by atoms with E-state index in [1.54, 1.807) is 0 Å².